The van der Waals surface area contributed by atoms with E-state index in [0.29, 0.717) is 17.3 Å². The van der Waals surface area contributed by atoms with Gasteiger partial charge in [-0.1, -0.05) is 0 Å². The van der Waals surface area contributed by atoms with E-state index < -0.39 is 0 Å². The van der Waals surface area contributed by atoms with Crippen LogP contribution in [-0.2, 0) is 15.7 Å². The molecule has 1 nitrogen and oxygen atoms in total. The molecule has 1 aromatic rings. The van der Waals surface area contributed by atoms with Crippen LogP contribution in [0.1, 0.15) is 103 Å². The second-order valence-corrected chi connectivity index (χ2v) is 11.4. The zero-order chi connectivity index (χ0) is 19.1. The van der Waals surface area contributed by atoms with E-state index in [1.807, 2.05) is 0 Å². The predicted octanol–water partition coefficient (Wildman–Crippen LogP) is 7.24. The standard InChI is InChI=1S/C23H35N.ClH.Rh/c1-17(2)19-11-10-12-20(18(3)4)21(19)24-16-23(15-22(24,5)6)13-8-7-9-14-23;;/h10-12,17-18H,7-9,13-15H2,1-6H3;1H;/q;;+1/p-1. The molecule has 0 unspecified atom stereocenters. The minimum absolute atomic E-state index is 0.0443. The van der Waals surface area contributed by atoms with Crippen molar-refractivity contribution in [3.63, 3.8) is 0 Å². The summed E-state index contributed by atoms with van der Waals surface area (Å²) in [5, 5.41) is 0. The van der Waals surface area contributed by atoms with Gasteiger partial charge in [-0.3, -0.25) is 0 Å². The Labute approximate surface area is 172 Å². The van der Waals surface area contributed by atoms with Crippen LogP contribution in [0.5, 0.6) is 0 Å². The van der Waals surface area contributed by atoms with Gasteiger partial charge in [-0.05, 0) is 0 Å². The number of anilines is 1. The third-order valence-corrected chi connectivity index (χ3v) is 8.65. The molecule has 0 bridgehead atoms. The number of rotatable bonds is 3. The number of hydrogen-bond donors (Lipinski definition) is 0. The Morgan fingerprint density at radius 3 is 1.96 bits per heavy atom. The molecular formula is C23H35ClNRh. The Morgan fingerprint density at radius 2 is 1.50 bits per heavy atom. The summed E-state index contributed by atoms with van der Waals surface area (Å²) in [6.07, 6.45) is 8.05. The van der Waals surface area contributed by atoms with Crippen LogP contribution in [0.15, 0.2) is 18.2 Å². The Morgan fingerprint density at radius 1 is 0.962 bits per heavy atom. The molecule has 3 heteroatoms. The van der Waals surface area contributed by atoms with Crippen molar-refractivity contribution in [1.82, 2.24) is 0 Å². The first-order chi connectivity index (χ1) is 12.2. The molecule has 0 N–H and O–H groups in total. The quantitative estimate of drug-likeness (QED) is 0.427. The van der Waals surface area contributed by atoms with Crippen LogP contribution < -0.4 is 4.90 Å². The van der Waals surface area contributed by atoms with Crippen molar-refractivity contribution in [3.8, 4) is 0 Å². The van der Waals surface area contributed by atoms with Gasteiger partial charge in [0.1, 0.15) is 0 Å². The molecule has 26 heavy (non-hydrogen) atoms. The second-order valence-electron chi connectivity index (χ2n) is 9.59. The van der Waals surface area contributed by atoms with Crippen LogP contribution in [0, 0.1) is 5.41 Å². The fraction of sp³-hybridized carbons (Fsp3) is 0.696. The minimum atomic E-state index is -0.0443. The summed E-state index contributed by atoms with van der Waals surface area (Å²) in [6, 6.07) is 6.93. The molecule has 1 aromatic carbocycles. The van der Waals surface area contributed by atoms with Gasteiger partial charge in [0.05, 0.1) is 0 Å². The second kappa shape index (κ2) is 7.67. The van der Waals surface area contributed by atoms with Crippen molar-refractivity contribution in [2.75, 3.05) is 4.90 Å². The zero-order valence-electron chi connectivity index (χ0n) is 17.3. The van der Waals surface area contributed by atoms with Crippen LogP contribution >= 0.6 is 9.69 Å². The molecule has 2 fully saturated rings. The summed E-state index contributed by atoms with van der Waals surface area (Å²) in [5.74, 6) is 1.04. The molecule has 0 aromatic heterocycles. The molecule has 0 amide bonds. The first kappa shape index (κ1) is 20.5. The van der Waals surface area contributed by atoms with Crippen LogP contribution in [0.4, 0.5) is 5.69 Å². The first-order valence-corrected chi connectivity index (χ1v) is 13.2. The van der Waals surface area contributed by atoms with Crippen LogP contribution in [-0.4, -0.2) is 9.77 Å². The van der Waals surface area contributed by atoms with Gasteiger partial charge in [0.15, 0.2) is 0 Å². The van der Waals surface area contributed by atoms with E-state index in [4.69, 9.17) is 9.69 Å². The molecule has 1 saturated heterocycles. The van der Waals surface area contributed by atoms with Crippen molar-refractivity contribution in [2.24, 2.45) is 5.41 Å². The summed E-state index contributed by atoms with van der Waals surface area (Å²) in [5.41, 5.74) is 4.93. The third-order valence-electron chi connectivity index (χ3n) is 6.41. The van der Waals surface area contributed by atoms with Gasteiger partial charge in [-0.25, -0.2) is 0 Å². The maximum absolute atomic E-state index is 6.76. The average Bonchev–Trinajstić information content (AvgIpc) is 2.79. The Balaban J connectivity index is 2.22. The van der Waals surface area contributed by atoms with Crippen molar-refractivity contribution in [1.29, 1.82) is 0 Å². The number of nitrogens with zero attached hydrogens (tertiary/aromatic N) is 1. The topological polar surface area (TPSA) is 3.24 Å². The fourth-order valence-electron chi connectivity index (χ4n) is 5.33. The summed E-state index contributed by atoms with van der Waals surface area (Å²) >= 11 is -0.0443. The zero-order valence-corrected chi connectivity index (χ0v) is 19.7. The van der Waals surface area contributed by atoms with E-state index >= 15 is 0 Å². The summed E-state index contributed by atoms with van der Waals surface area (Å²) in [6.45, 7) is 14.2. The molecule has 1 aliphatic carbocycles. The average molecular weight is 464 g/mol. The maximum atomic E-state index is 6.76. The van der Waals surface area contributed by atoms with E-state index in [1.54, 1.807) is 4.23 Å². The third kappa shape index (κ3) is 3.46. The first-order valence-electron chi connectivity index (χ1n) is 10.3. The van der Waals surface area contributed by atoms with Crippen LogP contribution in [0.3, 0.4) is 0 Å². The van der Waals surface area contributed by atoms with Crippen molar-refractivity contribution in [2.45, 2.75) is 97.4 Å². The SMILES string of the molecule is CC(C)c1cccc(C(C)C)c1N1[C](=[Rh][Cl])C2(CCCCC2)CC1(C)C. The predicted molar refractivity (Wildman–Crippen MR) is 112 cm³/mol. The fourth-order valence-corrected chi connectivity index (χ4v) is 8.15. The Hall–Kier alpha value is -0.197. The van der Waals surface area contributed by atoms with Crippen molar-refractivity contribution < 1.29 is 15.7 Å². The van der Waals surface area contributed by atoms with Gasteiger partial charge < -0.3 is 0 Å². The number of para-hydroxylation sites is 1. The molecule has 1 saturated carbocycles. The van der Waals surface area contributed by atoms with Crippen molar-refractivity contribution in [3.05, 3.63) is 29.3 Å². The number of hydrogen-bond acceptors (Lipinski definition) is 1. The van der Waals surface area contributed by atoms with Gasteiger partial charge in [0, 0.05) is 0 Å². The molecule has 1 spiro atoms. The Kier molecular flexibility index (Phi) is 6.06. The summed E-state index contributed by atoms with van der Waals surface area (Å²) in [4.78, 5) is 2.72. The van der Waals surface area contributed by atoms with Gasteiger partial charge in [0.25, 0.3) is 0 Å². The van der Waals surface area contributed by atoms with Crippen LogP contribution in [0.2, 0.25) is 0 Å². The molecule has 2 aliphatic rings. The molecule has 1 aliphatic heterocycles. The molecular weight excluding hydrogens is 429 g/mol. The van der Waals surface area contributed by atoms with E-state index in [-0.39, 0.29) is 21.2 Å². The number of halogens is 1. The van der Waals surface area contributed by atoms with E-state index in [1.165, 1.54) is 55.3 Å². The van der Waals surface area contributed by atoms with Gasteiger partial charge in [0.2, 0.25) is 0 Å². The Bertz CT molecular complexity index is 657. The van der Waals surface area contributed by atoms with Crippen molar-refractivity contribution >= 4 is 19.6 Å². The van der Waals surface area contributed by atoms with E-state index in [0.717, 1.165) is 0 Å². The number of benzene rings is 1. The summed E-state index contributed by atoms with van der Waals surface area (Å²) < 4.78 is 1.57. The molecule has 1 heterocycles. The van der Waals surface area contributed by atoms with Gasteiger partial charge >= 0.3 is 172 Å². The summed E-state index contributed by atoms with van der Waals surface area (Å²) in [7, 11) is 6.76. The molecule has 0 atom stereocenters. The normalized spacial score (nSPS) is 24.2. The molecule has 148 valence electrons. The van der Waals surface area contributed by atoms with Gasteiger partial charge in [-0.2, -0.15) is 0 Å². The van der Waals surface area contributed by atoms with E-state index in [9.17, 15) is 0 Å². The van der Waals surface area contributed by atoms with E-state index in [2.05, 4.69) is 64.6 Å². The molecule has 3 rings (SSSR count). The molecule has 0 radical (unpaired) electrons. The monoisotopic (exact) mass is 463 g/mol. The van der Waals surface area contributed by atoms with Crippen LogP contribution in [0.25, 0.3) is 0 Å². The van der Waals surface area contributed by atoms with Gasteiger partial charge in [-0.15, -0.1) is 0 Å².